The van der Waals surface area contributed by atoms with Crippen LogP contribution in [0.3, 0.4) is 0 Å². The van der Waals surface area contributed by atoms with Crippen LogP contribution in [0.15, 0.2) is 24.3 Å². The van der Waals surface area contributed by atoms with Gasteiger partial charge in [0.15, 0.2) is 0 Å². The molecule has 1 aliphatic carbocycles. The standard InChI is InChI=1S/C22H25FN4OS/c1-12-18-13(2)25-20(14-8-9-14)26-22(18)29-19(12)21(28)24-11-17(27(3)4)15-6-5-7-16(23)10-15/h5-7,10,14,17H,8-9,11H2,1-4H3,(H,24,28). The van der Waals surface area contributed by atoms with Crippen LogP contribution in [0, 0.1) is 19.7 Å². The molecule has 0 radical (unpaired) electrons. The van der Waals surface area contributed by atoms with Crippen LogP contribution >= 0.6 is 11.3 Å². The number of carbonyl (C=O) groups is 1. The van der Waals surface area contributed by atoms with Crippen LogP contribution in [0.1, 0.15) is 57.1 Å². The maximum atomic E-state index is 13.6. The Morgan fingerprint density at radius 3 is 2.72 bits per heavy atom. The van der Waals surface area contributed by atoms with Crippen molar-refractivity contribution in [2.75, 3.05) is 20.6 Å². The van der Waals surface area contributed by atoms with E-state index in [4.69, 9.17) is 4.98 Å². The predicted molar refractivity (Wildman–Crippen MR) is 114 cm³/mol. The fourth-order valence-corrected chi connectivity index (χ4v) is 4.84. The molecule has 7 heteroatoms. The lowest BCUT2D eigenvalue weighted by molar-refractivity contribution is 0.0945. The molecule has 1 saturated carbocycles. The highest BCUT2D eigenvalue weighted by Crippen LogP contribution is 2.40. The number of likely N-dealkylation sites (N-methyl/N-ethyl adjacent to an activating group) is 1. The number of benzene rings is 1. The molecule has 1 atom stereocenters. The first-order valence-electron chi connectivity index (χ1n) is 9.83. The van der Waals surface area contributed by atoms with E-state index in [9.17, 15) is 9.18 Å². The average molecular weight is 413 g/mol. The Kier molecular flexibility index (Phi) is 5.36. The Balaban J connectivity index is 1.57. The van der Waals surface area contributed by atoms with Crippen LogP contribution in [0.25, 0.3) is 10.2 Å². The maximum absolute atomic E-state index is 13.6. The molecule has 0 aliphatic heterocycles. The number of aryl methyl sites for hydroxylation is 2. The van der Waals surface area contributed by atoms with Crippen molar-refractivity contribution in [1.82, 2.24) is 20.2 Å². The number of carbonyl (C=O) groups excluding carboxylic acids is 1. The summed E-state index contributed by atoms with van der Waals surface area (Å²) in [5.41, 5.74) is 2.70. The first-order chi connectivity index (χ1) is 13.8. The van der Waals surface area contributed by atoms with E-state index in [0.29, 0.717) is 17.3 Å². The highest BCUT2D eigenvalue weighted by Gasteiger charge is 2.28. The lowest BCUT2D eigenvalue weighted by Crippen LogP contribution is -2.34. The third-order valence-corrected chi connectivity index (χ3v) is 6.63. The van der Waals surface area contributed by atoms with E-state index in [2.05, 4.69) is 10.3 Å². The third-order valence-electron chi connectivity index (χ3n) is 5.45. The first-order valence-corrected chi connectivity index (χ1v) is 10.6. The summed E-state index contributed by atoms with van der Waals surface area (Å²) < 4.78 is 13.6. The molecule has 0 saturated heterocycles. The van der Waals surface area contributed by atoms with Crippen molar-refractivity contribution >= 4 is 27.5 Å². The fraction of sp³-hybridized carbons (Fsp3) is 0.409. The van der Waals surface area contributed by atoms with Gasteiger partial charge in [0.1, 0.15) is 16.5 Å². The molecule has 5 nitrogen and oxygen atoms in total. The number of thiophene rings is 1. The Bertz CT molecular complexity index is 1070. The monoisotopic (exact) mass is 412 g/mol. The lowest BCUT2D eigenvalue weighted by atomic mass is 10.1. The number of nitrogens with zero attached hydrogens (tertiary/aromatic N) is 3. The van der Waals surface area contributed by atoms with Crippen LogP contribution in [0.4, 0.5) is 4.39 Å². The quantitative estimate of drug-likeness (QED) is 0.654. The maximum Gasteiger partial charge on any atom is 0.261 e. The van der Waals surface area contributed by atoms with Crippen molar-refractivity contribution in [2.24, 2.45) is 0 Å². The van der Waals surface area contributed by atoms with Crippen molar-refractivity contribution in [3.8, 4) is 0 Å². The summed E-state index contributed by atoms with van der Waals surface area (Å²) in [5.74, 6) is 0.981. The van der Waals surface area contributed by atoms with Crippen molar-refractivity contribution in [3.05, 3.63) is 57.6 Å². The topological polar surface area (TPSA) is 58.1 Å². The summed E-state index contributed by atoms with van der Waals surface area (Å²) >= 11 is 1.43. The number of rotatable bonds is 6. The average Bonchev–Trinajstić information content (AvgIpc) is 3.45. The van der Waals surface area contributed by atoms with E-state index in [1.54, 1.807) is 6.07 Å². The van der Waals surface area contributed by atoms with Gasteiger partial charge in [-0.25, -0.2) is 14.4 Å². The molecule has 152 valence electrons. The van der Waals surface area contributed by atoms with Crippen molar-refractivity contribution in [2.45, 2.75) is 38.6 Å². The molecule has 29 heavy (non-hydrogen) atoms. The highest BCUT2D eigenvalue weighted by molar-refractivity contribution is 7.20. The molecule has 1 unspecified atom stereocenters. The second kappa shape index (κ2) is 7.80. The number of hydrogen-bond donors (Lipinski definition) is 1. The normalized spacial score (nSPS) is 15.1. The van der Waals surface area contributed by atoms with Gasteiger partial charge in [-0.05, 0) is 64.0 Å². The van der Waals surface area contributed by atoms with Crippen LogP contribution in [0.5, 0.6) is 0 Å². The number of halogens is 1. The van der Waals surface area contributed by atoms with Crippen LogP contribution in [-0.4, -0.2) is 41.4 Å². The zero-order chi connectivity index (χ0) is 20.7. The molecule has 2 heterocycles. The Hall–Kier alpha value is -2.38. The summed E-state index contributed by atoms with van der Waals surface area (Å²) in [5, 5.41) is 4.01. The van der Waals surface area contributed by atoms with Gasteiger partial charge >= 0.3 is 0 Å². The van der Waals surface area contributed by atoms with E-state index in [1.165, 1.54) is 23.5 Å². The predicted octanol–water partition coefficient (Wildman–Crippen LogP) is 4.36. The number of nitrogens with one attached hydrogen (secondary N) is 1. The van der Waals surface area contributed by atoms with Crippen molar-refractivity contribution in [1.29, 1.82) is 0 Å². The summed E-state index contributed by atoms with van der Waals surface area (Å²) in [6.07, 6.45) is 2.29. The van der Waals surface area contributed by atoms with Gasteiger partial charge < -0.3 is 10.2 Å². The van der Waals surface area contributed by atoms with E-state index < -0.39 is 0 Å². The minimum Gasteiger partial charge on any atom is -0.349 e. The van der Waals surface area contributed by atoms with Gasteiger partial charge in [-0.15, -0.1) is 11.3 Å². The van der Waals surface area contributed by atoms with Gasteiger partial charge in [0.25, 0.3) is 5.91 Å². The Morgan fingerprint density at radius 2 is 2.07 bits per heavy atom. The SMILES string of the molecule is Cc1nc(C2CC2)nc2sc(C(=O)NCC(c3cccc(F)c3)N(C)C)c(C)c12. The summed E-state index contributed by atoms with van der Waals surface area (Å²) in [6.45, 7) is 4.33. The summed E-state index contributed by atoms with van der Waals surface area (Å²) in [4.78, 5) is 25.9. The minimum absolute atomic E-state index is 0.118. The molecule has 1 N–H and O–H groups in total. The number of fused-ring (bicyclic) bond motifs is 1. The molecule has 2 aromatic heterocycles. The van der Waals surface area contributed by atoms with Crippen LogP contribution < -0.4 is 5.32 Å². The molecule has 3 aromatic rings. The summed E-state index contributed by atoms with van der Waals surface area (Å²) in [6, 6.07) is 6.39. The summed E-state index contributed by atoms with van der Waals surface area (Å²) in [7, 11) is 3.84. The van der Waals surface area contributed by atoms with Crippen LogP contribution in [-0.2, 0) is 0 Å². The zero-order valence-corrected chi connectivity index (χ0v) is 17.9. The van der Waals surface area contributed by atoms with E-state index in [-0.39, 0.29) is 17.8 Å². The Labute approximate surface area is 174 Å². The second-order valence-corrected chi connectivity index (χ2v) is 8.92. The number of amides is 1. The second-order valence-electron chi connectivity index (χ2n) is 7.92. The molecule has 4 rings (SSSR count). The molecule has 0 bridgehead atoms. The van der Waals surface area contributed by atoms with E-state index in [0.717, 1.165) is 45.7 Å². The lowest BCUT2D eigenvalue weighted by Gasteiger charge is -2.25. The van der Waals surface area contributed by atoms with E-state index in [1.807, 2.05) is 38.9 Å². The molecular formula is C22H25FN4OS. The van der Waals surface area contributed by atoms with Gasteiger partial charge in [0.2, 0.25) is 0 Å². The molecule has 1 aromatic carbocycles. The molecule has 1 fully saturated rings. The van der Waals surface area contributed by atoms with Crippen LogP contribution in [0.2, 0.25) is 0 Å². The van der Waals surface area contributed by atoms with Gasteiger partial charge in [-0.3, -0.25) is 4.79 Å². The molecule has 1 amide bonds. The number of hydrogen-bond acceptors (Lipinski definition) is 5. The van der Waals surface area contributed by atoms with Crippen molar-refractivity contribution < 1.29 is 9.18 Å². The van der Waals surface area contributed by atoms with Gasteiger partial charge in [-0.1, -0.05) is 12.1 Å². The highest BCUT2D eigenvalue weighted by atomic mass is 32.1. The van der Waals surface area contributed by atoms with Crippen molar-refractivity contribution in [3.63, 3.8) is 0 Å². The smallest absolute Gasteiger partial charge is 0.261 e. The number of aromatic nitrogens is 2. The van der Waals surface area contributed by atoms with E-state index >= 15 is 0 Å². The largest absolute Gasteiger partial charge is 0.349 e. The first kappa shape index (κ1) is 19.9. The fourth-order valence-electron chi connectivity index (χ4n) is 3.68. The molecule has 1 aliphatic rings. The third kappa shape index (κ3) is 4.02. The zero-order valence-electron chi connectivity index (χ0n) is 17.1. The molecular weight excluding hydrogens is 387 g/mol. The molecule has 0 spiro atoms. The van der Waals surface area contributed by atoms with Gasteiger partial charge in [-0.2, -0.15) is 0 Å². The van der Waals surface area contributed by atoms with Gasteiger partial charge in [0.05, 0.1) is 16.6 Å². The minimum atomic E-state index is -0.276. The Morgan fingerprint density at radius 1 is 1.31 bits per heavy atom. The van der Waals surface area contributed by atoms with Gasteiger partial charge in [0, 0.05) is 17.8 Å².